The number of aromatic nitrogens is 2. The number of phenols is 1. The number of benzene rings is 2. The number of aryl methyl sites for hydroxylation is 1. The van der Waals surface area contributed by atoms with E-state index >= 15 is 0 Å². The Morgan fingerprint density at radius 2 is 1.92 bits per heavy atom. The number of H-pyrrole nitrogens is 1. The third-order valence-electron chi connectivity index (χ3n) is 3.98. The smallest absolute Gasteiger partial charge is 0.251 e. The Bertz CT molecular complexity index is 869. The number of amides is 1. The van der Waals surface area contributed by atoms with Gasteiger partial charge in [-0.25, -0.2) is 0 Å². The molecule has 1 atom stereocenters. The van der Waals surface area contributed by atoms with Crippen LogP contribution in [0.4, 0.5) is 0 Å². The van der Waals surface area contributed by atoms with Gasteiger partial charge in [-0.3, -0.25) is 9.89 Å². The van der Waals surface area contributed by atoms with Crippen molar-refractivity contribution in [2.24, 2.45) is 0 Å². The number of phenolic OH excluding ortho intramolecular Hbond substituents is 1. The number of carbonyl (C=O) groups excluding carboxylic acids is 1. The van der Waals surface area contributed by atoms with E-state index in [0.29, 0.717) is 12.0 Å². The second-order valence-electron chi connectivity index (χ2n) is 6.25. The lowest BCUT2D eigenvalue weighted by Gasteiger charge is -2.13. The molecule has 0 unspecified atom stereocenters. The predicted octanol–water partition coefficient (Wildman–Crippen LogP) is 3.45. The van der Waals surface area contributed by atoms with Crippen LogP contribution in [-0.2, 0) is 6.42 Å². The van der Waals surface area contributed by atoms with Gasteiger partial charge >= 0.3 is 0 Å². The minimum atomic E-state index is -0.111. The minimum Gasteiger partial charge on any atom is -0.508 e. The van der Waals surface area contributed by atoms with Crippen LogP contribution in [0.3, 0.4) is 0 Å². The zero-order valence-electron chi connectivity index (χ0n) is 14.3. The molecule has 3 aromatic rings. The van der Waals surface area contributed by atoms with Crippen molar-refractivity contribution in [1.82, 2.24) is 15.5 Å². The first-order valence-corrected chi connectivity index (χ1v) is 8.22. The van der Waals surface area contributed by atoms with Crippen molar-refractivity contribution in [2.75, 3.05) is 0 Å². The number of hydrogen-bond donors (Lipinski definition) is 3. The summed E-state index contributed by atoms with van der Waals surface area (Å²) in [6.45, 7) is 3.92. The molecule has 0 aliphatic heterocycles. The zero-order valence-corrected chi connectivity index (χ0v) is 14.3. The maximum absolute atomic E-state index is 12.5. The summed E-state index contributed by atoms with van der Waals surface area (Å²) in [5, 5.41) is 19.5. The highest BCUT2D eigenvalue weighted by molar-refractivity contribution is 5.95. The molecular weight excluding hydrogens is 314 g/mol. The molecule has 0 saturated heterocycles. The molecule has 2 aromatic carbocycles. The minimum absolute atomic E-state index is 0.0208. The number of carbonyl (C=O) groups is 1. The fraction of sp³-hybridized carbons (Fsp3) is 0.200. The topological polar surface area (TPSA) is 78.0 Å². The van der Waals surface area contributed by atoms with Crippen LogP contribution in [0.15, 0.2) is 54.6 Å². The van der Waals surface area contributed by atoms with Crippen molar-refractivity contribution in [1.29, 1.82) is 0 Å². The molecule has 5 nitrogen and oxygen atoms in total. The molecule has 5 heteroatoms. The van der Waals surface area contributed by atoms with Gasteiger partial charge in [-0.15, -0.1) is 0 Å². The molecule has 1 amide bonds. The number of aromatic amines is 1. The Kier molecular flexibility index (Phi) is 4.84. The van der Waals surface area contributed by atoms with E-state index < -0.39 is 0 Å². The Morgan fingerprint density at radius 3 is 2.60 bits per heavy atom. The van der Waals surface area contributed by atoms with Crippen molar-refractivity contribution in [2.45, 2.75) is 26.3 Å². The molecule has 0 aliphatic carbocycles. The van der Waals surface area contributed by atoms with Gasteiger partial charge in [0.05, 0.1) is 5.69 Å². The monoisotopic (exact) mass is 335 g/mol. The standard InChI is InChI=1S/C20H21N3O2/c1-13(10-18-11-14(2)22-23-18)21-20(25)17-5-3-4-16(12-17)15-6-8-19(24)9-7-15/h3-9,11-13,24H,10H2,1-2H3,(H,21,25)(H,22,23)/t13-/m0/s1. The summed E-state index contributed by atoms with van der Waals surface area (Å²) in [5.74, 6) is 0.112. The zero-order chi connectivity index (χ0) is 17.8. The van der Waals surface area contributed by atoms with Gasteiger partial charge in [0.15, 0.2) is 0 Å². The second-order valence-corrected chi connectivity index (χ2v) is 6.25. The van der Waals surface area contributed by atoms with Gasteiger partial charge in [0.2, 0.25) is 0 Å². The molecule has 128 valence electrons. The Labute approximate surface area is 146 Å². The molecule has 0 fully saturated rings. The summed E-state index contributed by atoms with van der Waals surface area (Å²) >= 11 is 0. The summed E-state index contributed by atoms with van der Waals surface area (Å²) in [5.41, 5.74) is 4.43. The Balaban J connectivity index is 1.69. The van der Waals surface area contributed by atoms with Crippen molar-refractivity contribution >= 4 is 5.91 Å². The van der Waals surface area contributed by atoms with Gasteiger partial charge in [-0.1, -0.05) is 24.3 Å². The molecule has 3 N–H and O–H groups in total. The van der Waals surface area contributed by atoms with Gasteiger partial charge in [0.25, 0.3) is 5.91 Å². The van der Waals surface area contributed by atoms with Crippen LogP contribution in [0.5, 0.6) is 5.75 Å². The fourth-order valence-electron chi connectivity index (χ4n) is 2.74. The largest absolute Gasteiger partial charge is 0.508 e. The van der Waals surface area contributed by atoms with E-state index in [1.165, 1.54) is 0 Å². The van der Waals surface area contributed by atoms with E-state index in [1.807, 2.05) is 50.2 Å². The lowest BCUT2D eigenvalue weighted by molar-refractivity contribution is 0.0940. The van der Waals surface area contributed by atoms with E-state index in [4.69, 9.17) is 0 Å². The number of hydrogen-bond acceptors (Lipinski definition) is 3. The molecular formula is C20H21N3O2. The number of rotatable bonds is 5. The highest BCUT2D eigenvalue weighted by Crippen LogP contribution is 2.22. The first-order valence-electron chi connectivity index (χ1n) is 8.22. The van der Waals surface area contributed by atoms with Crippen LogP contribution < -0.4 is 5.32 Å². The van der Waals surface area contributed by atoms with Gasteiger partial charge in [0.1, 0.15) is 5.75 Å². The van der Waals surface area contributed by atoms with Crippen LogP contribution in [0.1, 0.15) is 28.7 Å². The molecule has 0 radical (unpaired) electrons. The average molecular weight is 335 g/mol. The Morgan fingerprint density at radius 1 is 1.16 bits per heavy atom. The quantitative estimate of drug-likeness (QED) is 0.668. The number of aromatic hydroxyl groups is 1. The summed E-state index contributed by atoms with van der Waals surface area (Å²) in [6.07, 6.45) is 0.674. The third-order valence-corrected chi connectivity index (χ3v) is 3.98. The first kappa shape index (κ1) is 16.8. The van der Waals surface area contributed by atoms with E-state index in [2.05, 4.69) is 15.5 Å². The van der Waals surface area contributed by atoms with E-state index in [-0.39, 0.29) is 17.7 Å². The van der Waals surface area contributed by atoms with Gasteiger partial charge in [0, 0.05) is 23.7 Å². The van der Waals surface area contributed by atoms with Crippen LogP contribution >= 0.6 is 0 Å². The highest BCUT2D eigenvalue weighted by atomic mass is 16.3. The maximum Gasteiger partial charge on any atom is 0.251 e. The Hall–Kier alpha value is -3.08. The van der Waals surface area contributed by atoms with E-state index in [9.17, 15) is 9.90 Å². The maximum atomic E-state index is 12.5. The average Bonchev–Trinajstić information content (AvgIpc) is 3.00. The molecule has 0 aliphatic rings. The van der Waals surface area contributed by atoms with Crippen LogP contribution in [0.2, 0.25) is 0 Å². The SMILES string of the molecule is Cc1cc(C[C@H](C)NC(=O)c2cccc(-c3ccc(O)cc3)c2)n[nH]1. The lowest BCUT2D eigenvalue weighted by atomic mass is 10.0. The second kappa shape index (κ2) is 7.21. The summed E-state index contributed by atoms with van der Waals surface area (Å²) < 4.78 is 0. The highest BCUT2D eigenvalue weighted by Gasteiger charge is 2.12. The molecule has 0 bridgehead atoms. The molecule has 3 rings (SSSR count). The fourth-order valence-corrected chi connectivity index (χ4v) is 2.74. The van der Waals surface area contributed by atoms with Gasteiger partial charge in [-0.05, 0) is 55.3 Å². The molecule has 25 heavy (non-hydrogen) atoms. The lowest BCUT2D eigenvalue weighted by Crippen LogP contribution is -2.34. The molecule has 1 heterocycles. The van der Waals surface area contributed by atoms with Crippen LogP contribution in [0.25, 0.3) is 11.1 Å². The predicted molar refractivity (Wildman–Crippen MR) is 97.5 cm³/mol. The first-order chi connectivity index (χ1) is 12.0. The van der Waals surface area contributed by atoms with Crippen LogP contribution in [0, 0.1) is 6.92 Å². The summed E-state index contributed by atoms with van der Waals surface area (Å²) in [4.78, 5) is 12.5. The summed E-state index contributed by atoms with van der Waals surface area (Å²) in [7, 11) is 0. The van der Waals surface area contributed by atoms with Crippen molar-refractivity contribution in [3.63, 3.8) is 0 Å². The van der Waals surface area contributed by atoms with Crippen molar-refractivity contribution < 1.29 is 9.90 Å². The van der Waals surface area contributed by atoms with Gasteiger partial charge in [-0.2, -0.15) is 5.10 Å². The number of nitrogens with one attached hydrogen (secondary N) is 2. The van der Waals surface area contributed by atoms with Crippen molar-refractivity contribution in [3.05, 3.63) is 71.5 Å². The molecule has 1 aromatic heterocycles. The van der Waals surface area contributed by atoms with Gasteiger partial charge < -0.3 is 10.4 Å². The van der Waals surface area contributed by atoms with Crippen molar-refractivity contribution in [3.8, 4) is 16.9 Å². The summed E-state index contributed by atoms with van der Waals surface area (Å²) in [6, 6.07) is 16.3. The van der Waals surface area contributed by atoms with E-state index in [0.717, 1.165) is 22.5 Å². The normalized spacial score (nSPS) is 11.9. The number of nitrogens with zero attached hydrogens (tertiary/aromatic N) is 1. The molecule has 0 spiro atoms. The third kappa shape index (κ3) is 4.26. The molecule has 0 saturated carbocycles. The van der Waals surface area contributed by atoms with E-state index in [1.54, 1.807) is 18.2 Å². The van der Waals surface area contributed by atoms with Crippen LogP contribution in [-0.4, -0.2) is 27.3 Å².